The highest BCUT2D eigenvalue weighted by Gasteiger charge is 2.22. The van der Waals surface area contributed by atoms with Crippen LogP contribution in [0.2, 0.25) is 0 Å². The van der Waals surface area contributed by atoms with Crippen molar-refractivity contribution in [2.45, 2.75) is 32.1 Å². The molecule has 0 bridgehead atoms. The van der Waals surface area contributed by atoms with Crippen LogP contribution < -0.4 is 15.8 Å². The SMILES string of the molecule is CC(C)(CNCCCN)c1ccc2c(c1)CCO2. The average molecular weight is 248 g/mol. The molecule has 1 aliphatic heterocycles. The van der Waals surface area contributed by atoms with Crippen molar-refractivity contribution in [2.75, 3.05) is 26.2 Å². The van der Waals surface area contributed by atoms with E-state index < -0.39 is 0 Å². The van der Waals surface area contributed by atoms with Gasteiger partial charge in [-0.25, -0.2) is 0 Å². The zero-order chi connectivity index (χ0) is 13.0. The van der Waals surface area contributed by atoms with Gasteiger partial charge in [0.05, 0.1) is 6.61 Å². The van der Waals surface area contributed by atoms with Crippen molar-refractivity contribution in [2.24, 2.45) is 5.73 Å². The van der Waals surface area contributed by atoms with E-state index in [2.05, 4.69) is 37.4 Å². The summed E-state index contributed by atoms with van der Waals surface area (Å²) in [7, 11) is 0. The van der Waals surface area contributed by atoms with Gasteiger partial charge in [0.1, 0.15) is 5.75 Å². The first-order chi connectivity index (χ1) is 8.63. The second kappa shape index (κ2) is 5.72. The third-order valence-corrected chi connectivity index (χ3v) is 3.60. The van der Waals surface area contributed by atoms with Crippen molar-refractivity contribution in [3.8, 4) is 5.75 Å². The Morgan fingerprint density at radius 2 is 2.22 bits per heavy atom. The molecule has 1 aliphatic rings. The number of nitrogens with two attached hydrogens (primary N) is 1. The molecule has 0 aromatic heterocycles. The lowest BCUT2D eigenvalue weighted by molar-refractivity contribution is 0.356. The number of benzene rings is 1. The van der Waals surface area contributed by atoms with Crippen LogP contribution in [-0.2, 0) is 11.8 Å². The Balaban J connectivity index is 2.00. The van der Waals surface area contributed by atoms with E-state index in [1.54, 1.807) is 0 Å². The normalized spacial score (nSPS) is 14.4. The van der Waals surface area contributed by atoms with E-state index in [9.17, 15) is 0 Å². The first-order valence-electron chi connectivity index (χ1n) is 6.80. The molecule has 3 nitrogen and oxygen atoms in total. The van der Waals surface area contributed by atoms with Crippen molar-refractivity contribution in [3.05, 3.63) is 29.3 Å². The molecule has 18 heavy (non-hydrogen) atoms. The molecule has 1 aromatic carbocycles. The molecule has 3 N–H and O–H groups in total. The lowest BCUT2D eigenvalue weighted by Crippen LogP contribution is -2.34. The average Bonchev–Trinajstić information content (AvgIpc) is 2.82. The van der Waals surface area contributed by atoms with E-state index in [4.69, 9.17) is 10.5 Å². The summed E-state index contributed by atoms with van der Waals surface area (Å²) >= 11 is 0. The van der Waals surface area contributed by atoms with Crippen molar-refractivity contribution < 1.29 is 4.74 Å². The van der Waals surface area contributed by atoms with Crippen LogP contribution in [0.4, 0.5) is 0 Å². The number of ether oxygens (including phenoxy) is 1. The van der Waals surface area contributed by atoms with E-state index in [0.29, 0.717) is 0 Å². The molecule has 0 aliphatic carbocycles. The van der Waals surface area contributed by atoms with E-state index in [1.807, 2.05) is 0 Å². The van der Waals surface area contributed by atoms with Crippen LogP contribution in [0.3, 0.4) is 0 Å². The zero-order valence-electron chi connectivity index (χ0n) is 11.5. The molecule has 1 heterocycles. The Morgan fingerprint density at radius 1 is 1.39 bits per heavy atom. The van der Waals surface area contributed by atoms with Gasteiger partial charge in [0.2, 0.25) is 0 Å². The molecule has 0 amide bonds. The fourth-order valence-electron chi connectivity index (χ4n) is 2.34. The molecule has 2 rings (SSSR count). The van der Waals surface area contributed by atoms with Crippen LogP contribution in [0.15, 0.2) is 18.2 Å². The molecule has 0 spiro atoms. The summed E-state index contributed by atoms with van der Waals surface area (Å²) in [6, 6.07) is 6.60. The van der Waals surface area contributed by atoms with Crippen LogP contribution in [0.25, 0.3) is 0 Å². The highest BCUT2D eigenvalue weighted by molar-refractivity contribution is 5.42. The number of rotatable bonds is 6. The van der Waals surface area contributed by atoms with E-state index >= 15 is 0 Å². The maximum Gasteiger partial charge on any atom is 0.122 e. The van der Waals surface area contributed by atoms with E-state index in [1.165, 1.54) is 11.1 Å². The third kappa shape index (κ3) is 3.03. The Morgan fingerprint density at radius 3 is 3.00 bits per heavy atom. The quantitative estimate of drug-likeness (QED) is 0.755. The van der Waals surface area contributed by atoms with Gasteiger partial charge in [0.25, 0.3) is 0 Å². The van der Waals surface area contributed by atoms with Crippen molar-refractivity contribution in [1.29, 1.82) is 0 Å². The molecule has 100 valence electrons. The van der Waals surface area contributed by atoms with Gasteiger partial charge < -0.3 is 15.8 Å². The van der Waals surface area contributed by atoms with Gasteiger partial charge in [-0.15, -0.1) is 0 Å². The number of hydrogen-bond donors (Lipinski definition) is 2. The minimum absolute atomic E-state index is 0.145. The van der Waals surface area contributed by atoms with Gasteiger partial charge >= 0.3 is 0 Å². The summed E-state index contributed by atoms with van der Waals surface area (Å²) in [6.07, 6.45) is 2.08. The van der Waals surface area contributed by atoms with Crippen molar-refractivity contribution >= 4 is 0 Å². The highest BCUT2D eigenvalue weighted by atomic mass is 16.5. The van der Waals surface area contributed by atoms with Crippen LogP contribution in [0.5, 0.6) is 5.75 Å². The maximum atomic E-state index is 5.55. The summed E-state index contributed by atoms with van der Waals surface area (Å²) in [5.74, 6) is 1.06. The van der Waals surface area contributed by atoms with Gasteiger partial charge in [-0.05, 0) is 36.7 Å². The smallest absolute Gasteiger partial charge is 0.122 e. The molecule has 0 fully saturated rings. The van der Waals surface area contributed by atoms with Gasteiger partial charge in [-0.3, -0.25) is 0 Å². The second-order valence-electron chi connectivity index (χ2n) is 5.62. The summed E-state index contributed by atoms with van der Waals surface area (Å²) in [4.78, 5) is 0. The van der Waals surface area contributed by atoms with Crippen molar-refractivity contribution in [1.82, 2.24) is 5.32 Å². The number of nitrogens with one attached hydrogen (secondary N) is 1. The van der Waals surface area contributed by atoms with Gasteiger partial charge in [0, 0.05) is 18.4 Å². The molecule has 0 radical (unpaired) electrons. The Bertz CT molecular complexity index is 401. The molecule has 0 saturated heterocycles. The summed E-state index contributed by atoms with van der Waals surface area (Å²) in [6.45, 7) is 8.11. The van der Waals surface area contributed by atoms with E-state index in [-0.39, 0.29) is 5.41 Å². The molecule has 0 atom stereocenters. The van der Waals surface area contributed by atoms with Crippen LogP contribution in [0.1, 0.15) is 31.4 Å². The molecule has 0 saturated carbocycles. The fourth-order valence-corrected chi connectivity index (χ4v) is 2.34. The summed E-state index contributed by atoms with van der Waals surface area (Å²) in [5, 5.41) is 3.48. The third-order valence-electron chi connectivity index (χ3n) is 3.60. The minimum Gasteiger partial charge on any atom is -0.493 e. The fraction of sp³-hybridized carbons (Fsp3) is 0.600. The van der Waals surface area contributed by atoms with E-state index in [0.717, 1.165) is 44.8 Å². The molecule has 0 unspecified atom stereocenters. The Kier molecular flexibility index (Phi) is 4.25. The lowest BCUT2D eigenvalue weighted by Gasteiger charge is -2.26. The summed E-state index contributed by atoms with van der Waals surface area (Å²) in [5.41, 5.74) is 8.37. The molecule has 3 heteroatoms. The first kappa shape index (κ1) is 13.4. The first-order valence-corrected chi connectivity index (χ1v) is 6.80. The zero-order valence-corrected chi connectivity index (χ0v) is 11.5. The standard InChI is InChI=1S/C15H24N2O/c1-15(2,11-17-8-3-7-16)13-4-5-14-12(10-13)6-9-18-14/h4-5,10,17H,3,6-9,11,16H2,1-2H3. The van der Waals surface area contributed by atoms with Gasteiger partial charge in [-0.1, -0.05) is 26.0 Å². The predicted molar refractivity (Wildman–Crippen MR) is 75.2 cm³/mol. The molecule has 1 aromatic rings. The highest BCUT2D eigenvalue weighted by Crippen LogP contribution is 2.31. The topological polar surface area (TPSA) is 47.3 Å². The van der Waals surface area contributed by atoms with Gasteiger partial charge in [-0.2, -0.15) is 0 Å². The van der Waals surface area contributed by atoms with Gasteiger partial charge in [0.15, 0.2) is 0 Å². The van der Waals surface area contributed by atoms with Crippen LogP contribution >= 0.6 is 0 Å². The second-order valence-corrected chi connectivity index (χ2v) is 5.62. The minimum atomic E-state index is 0.145. The molecular formula is C15H24N2O. The number of hydrogen-bond acceptors (Lipinski definition) is 3. The maximum absolute atomic E-state index is 5.55. The van der Waals surface area contributed by atoms with Crippen LogP contribution in [-0.4, -0.2) is 26.2 Å². The Labute approximate surface area is 110 Å². The largest absolute Gasteiger partial charge is 0.493 e. The van der Waals surface area contributed by atoms with Crippen molar-refractivity contribution in [3.63, 3.8) is 0 Å². The molecular weight excluding hydrogens is 224 g/mol. The predicted octanol–water partition coefficient (Wildman–Crippen LogP) is 1.84. The Hall–Kier alpha value is -1.06. The summed E-state index contributed by atoms with van der Waals surface area (Å²) < 4.78 is 5.55. The monoisotopic (exact) mass is 248 g/mol. The van der Waals surface area contributed by atoms with Crippen LogP contribution in [0, 0.1) is 0 Å². The lowest BCUT2D eigenvalue weighted by atomic mass is 9.83. The number of fused-ring (bicyclic) bond motifs is 1.